The lowest BCUT2D eigenvalue weighted by Gasteiger charge is -2.38. The van der Waals surface area contributed by atoms with Gasteiger partial charge < -0.3 is 25.0 Å². The summed E-state index contributed by atoms with van der Waals surface area (Å²) in [5.41, 5.74) is 1.17. The number of methoxy groups -OCH3 is 1. The van der Waals surface area contributed by atoms with Crippen LogP contribution in [0.5, 0.6) is 17.4 Å². The number of carbonyl (C=O) groups excluding carboxylic acids is 2. The Bertz CT molecular complexity index is 1650. The van der Waals surface area contributed by atoms with Gasteiger partial charge >= 0.3 is 0 Å². The topological polar surface area (TPSA) is 106 Å². The van der Waals surface area contributed by atoms with Crippen LogP contribution < -0.4 is 20.1 Å². The van der Waals surface area contributed by atoms with E-state index in [-0.39, 0.29) is 29.6 Å². The van der Waals surface area contributed by atoms with Crippen LogP contribution in [0.3, 0.4) is 0 Å². The molecule has 0 radical (unpaired) electrons. The number of benzene rings is 2. The van der Waals surface area contributed by atoms with E-state index in [0.29, 0.717) is 48.0 Å². The van der Waals surface area contributed by atoms with Crippen LogP contribution in [0.15, 0.2) is 60.3 Å². The van der Waals surface area contributed by atoms with E-state index in [2.05, 4.69) is 39.3 Å². The molecule has 5 rings (SSSR count). The van der Waals surface area contributed by atoms with Crippen LogP contribution in [-0.4, -0.2) is 53.4 Å². The monoisotopic (exact) mass is 633 g/mol. The fourth-order valence-corrected chi connectivity index (χ4v) is 5.85. The summed E-state index contributed by atoms with van der Waals surface area (Å²) in [5.74, 6) is -1.15. The molecular weight excluding hydrogens is 592 g/mol. The molecule has 0 bridgehead atoms. The molecule has 1 saturated carbocycles. The molecule has 1 aromatic heterocycles. The average Bonchev–Trinajstić information content (AvgIpc) is 3.02. The molecule has 1 heterocycles. The number of unbranched alkanes of at least 4 members (excludes halogenated alkanes) is 1. The molecule has 2 aliphatic rings. The first kappa shape index (κ1) is 33.0. The Balaban J connectivity index is 1.26. The van der Waals surface area contributed by atoms with E-state index in [4.69, 9.17) is 9.47 Å². The quantitative estimate of drug-likeness (QED) is 0.146. The van der Waals surface area contributed by atoms with Gasteiger partial charge in [-0.3, -0.25) is 9.59 Å². The maximum atomic E-state index is 15.3. The fraction of sp³-hybridized carbons (Fsp3) is 0.429. The molecule has 11 heteroatoms. The molecule has 244 valence electrons. The van der Waals surface area contributed by atoms with Crippen LogP contribution in [0.1, 0.15) is 64.4 Å². The summed E-state index contributed by atoms with van der Waals surface area (Å²) < 4.78 is 40.2. The van der Waals surface area contributed by atoms with Gasteiger partial charge in [0.05, 0.1) is 18.0 Å². The first-order chi connectivity index (χ1) is 22.3. The molecule has 2 N–H and O–H groups in total. The van der Waals surface area contributed by atoms with Crippen molar-refractivity contribution in [2.75, 3.05) is 32.1 Å². The van der Waals surface area contributed by atoms with Crippen LogP contribution >= 0.6 is 0 Å². The molecule has 0 atom stereocenters. The molecule has 1 fully saturated rings. The van der Waals surface area contributed by atoms with Crippen molar-refractivity contribution in [1.82, 2.24) is 20.2 Å². The predicted octanol–water partition coefficient (Wildman–Crippen LogP) is 6.99. The second-order valence-corrected chi connectivity index (χ2v) is 11.7. The Hall–Kier alpha value is -4.38. The van der Waals surface area contributed by atoms with Crippen LogP contribution in [0.25, 0.3) is 10.9 Å². The highest BCUT2D eigenvalue weighted by molar-refractivity contribution is 6.11. The van der Waals surface area contributed by atoms with Crippen molar-refractivity contribution in [2.45, 2.75) is 65.2 Å². The van der Waals surface area contributed by atoms with E-state index in [1.165, 1.54) is 30.6 Å². The van der Waals surface area contributed by atoms with E-state index in [1.54, 1.807) is 7.11 Å². The summed E-state index contributed by atoms with van der Waals surface area (Å²) in [6.07, 6.45) is 9.12. The summed E-state index contributed by atoms with van der Waals surface area (Å²) in [7, 11) is 1.61. The van der Waals surface area contributed by atoms with Gasteiger partial charge in [-0.2, -0.15) is 0 Å². The number of aryl methyl sites for hydroxylation is 1. The number of allylic oxidation sites excluding steroid dienone is 4. The standard InChI is InChI=1S/C35H41F2N5O4/c1-4-42(5-2)18-7-6-9-23-19-29-27(21-31(23)45-3)32(39-22-38-29)46-30-15-14-26(20-28(30)37)41-34(44)35(16-8-17-35)33(43)40-25-12-10-24(36)11-13-25/h10,12,14-15,19-22H,4-9,11,13,16-18H2,1-3H3,(H,40,43)(H,41,44). The number of amides is 2. The molecule has 0 unspecified atom stereocenters. The second kappa shape index (κ2) is 14.8. The van der Waals surface area contributed by atoms with E-state index >= 15 is 4.39 Å². The number of nitrogens with zero attached hydrogens (tertiary/aromatic N) is 3. The summed E-state index contributed by atoms with van der Waals surface area (Å²) in [6, 6.07) is 7.84. The molecule has 0 aliphatic heterocycles. The van der Waals surface area contributed by atoms with Crippen LogP contribution in [0.2, 0.25) is 0 Å². The van der Waals surface area contributed by atoms with Crippen molar-refractivity contribution in [1.29, 1.82) is 0 Å². The van der Waals surface area contributed by atoms with Crippen LogP contribution in [-0.2, 0) is 16.0 Å². The number of aromatic nitrogens is 2. The lowest BCUT2D eigenvalue weighted by Crippen LogP contribution is -2.53. The molecule has 46 heavy (non-hydrogen) atoms. The Morgan fingerprint density at radius 3 is 2.39 bits per heavy atom. The van der Waals surface area contributed by atoms with Gasteiger partial charge in [0.15, 0.2) is 11.6 Å². The number of ether oxygens (including phenoxy) is 2. The highest BCUT2D eigenvalue weighted by atomic mass is 19.1. The van der Waals surface area contributed by atoms with Gasteiger partial charge in [0.1, 0.15) is 23.3 Å². The fourth-order valence-electron chi connectivity index (χ4n) is 5.85. The first-order valence-corrected chi connectivity index (χ1v) is 16.0. The number of anilines is 1. The highest BCUT2D eigenvalue weighted by Gasteiger charge is 2.51. The minimum Gasteiger partial charge on any atom is -0.496 e. The van der Waals surface area contributed by atoms with Crippen molar-refractivity contribution in [3.05, 3.63) is 71.7 Å². The number of hydrogen-bond acceptors (Lipinski definition) is 7. The normalized spacial score (nSPS) is 15.5. The molecule has 2 aliphatic carbocycles. The summed E-state index contributed by atoms with van der Waals surface area (Å²) in [4.78, 5) is 37.4. The smallest absolute Gasteiger partial charge is 0.240 e. The number of carbonyl (C=O) groups is 2. The Kier molecular flexibility index (Phi) is 10.6. The largest absolute Gasteiger partial charge is 0.496 e. The number of halogens is 2. The predicted molar refractivity (Wildman–Crippen MR) is 173 cm³/mol. The highest BCUT2D eigenvalue weighted by Crippen LogP contribution is 2.43. The number of nitrogens with one attached hydrogen (secondary N) is 2. The van der Waals surface area contributed by atoms with Crippen molar-refractivity contribution < 1.29 is 27.8 Å². The molecule has 9 nitrogen and oxygen atoms in total. The molecule has 0 saturated heterocycles. The minimum absolute atomic E-state index is 0.0851. The van der Waals surface area contributed by atoms with E-state index in [1.807, 2.05) is 12.1 Å². The molecule has 3 aromatic rings. The first-order valence-electron chi connectivity index (χ1n) is 16.0. The van der Waals surface area contributed by atoms with Gasteiger partial charge in [-0.1, -0.05) is 20.3 Å². The zero-order chi connectivity index (χ0) is 32.7. The van der Waals surface area contributed by atoms with Gasteiger partial charge in [-0.05, 0) is 100 Å². The maximum Gasteiger partial charge on any atom is 0.240 e. The molecule has 2 amide bonds. The molecular formula is C35H41F2N5O4. The maximum absolute atomic E-state index is 15.3. The lowest BCUT2D eigenvalue weighted by atomic mass is 9.67. The lowest BCUT2D eigenvalue weighted by molar-refractivity contribution is -0.145. The third kappa shape index (κ3) is 7.36. The number of fused-ring (bicyclic) bond motifs is 1. The van der Waals surface area contributed by atoms with Crippen molar-refractivity contribution >= 4 is 28.4 Å². The van der Waals surface area contributed by atoms with E-state index in [0.717, 1.165) is 50.5 Å². The zero-order valence-corrected chi connectivity index (χ0v) is 26.6. The summed E-state index contributed by atoms with van der Waals surface area (Å²) in [5, 5.41) is 6.05. The third-order valence-corrected chi connectivity index (χ3v) is 8.91. The van der Waals surface area contributed by atoms with Crippen LogP contribution in [0.4, 0.5) is 14.5 Å². The van der Waals surface area contributed by atoms with Gasteiger partial charge in [0.25, 0.3) is 0 Å². The summed E-state index contributed by atoms with van der Waals surface area (Å²) in [6.45, 7) is 7.46. The van der Waals surface area contributed by atoms with Crippen molar-refractivity contribution in [3.8, 4) is 17.4 Å². The zero-order valence-electron chi connectivity index (χ0n) is 26.6. The van der Waals surface area contributed by atoms with Crippen molar-refractivity contribution in [3.63, 3.8) is 0 Å². The van der Waals surface area contributed by atoms with E-state index < -0.39 is 23.0 Å². The Morgan fingerprint density at radius 1 is 0.957 bits per heavy atom. The van der Waals surface area contributed by atoms with Gasteiger partial charge in [0.2, 0.25) is 17.7 Å². The molecule has 0 spiro atoms. The average molecular weight is 634 g/mol. The number of hydrogen-bond donors (Lipinski definition) is 2. The SMILES string of the molecule is CCN(CC)CCCCc1cc2ncnc(Oc3ccc(NC(=O)C4(C(=O)NC5=CC=C(F)CC5)CCC4)cc3F)c2cc1OC. The molecule has 2 aromatic carbocycles. The van der Waals surface area contributed by atoms with Gasteiger partial charge in [0, 0.05) is 23.9 Å². The minimum atomic E-state index is -1.27. The third-order valence-electron chi connectivity index (χ3n) is 8.91. The second-order valence-electron chi connectivity index (χ2n) is 11.7. The van der Waals surface area contributed by atoms with Gasteiger partial charge in [-0.25, -0.2) is 18.7 Å². The van der Waals surface area contributed by atoms with E-state index in [9.17, 15) is 14.0 Å². The van der Waals surface area contributed by atoms with Crippen molar-refractivity contribution in [2.24, 2.45) is 5.41 Å². The Morgan fingerprint density at radius 2 is 1.74 bits per heavy atom. The van der Waals surface area contributed by atoms with Gasteiger partial charge in [-0.15, -0.1) is 0 Å². The number of rotatable bonds is 14. The Labute approximate surface area is 268 Å². The summed E-state index contributed by atoms with van der Waals surface area (Å²) >= 11 is 0. The van der Waals surface area contributed by atoms with Crippen LogP contribution in [0, 0.1) is 11.2 Å².